The molecule has 0 amide bonds. The van der Waals surface area contributed by atoms with E-state index in [0.29, 0.717) is 0 Å². The van der Waals surface area contributed by atoms with E-state index in [0.717, 1.165) is 17.9 Å². The van der Waals surface area contributed by atoms with E-state index in [4.69, 9.17) is 0 Å². The van der Waals surface area contributed by atoms with Crippen LogP contribution in [-0.4, -0.2) is 29.4 Å². The Balaban J connectivity index is 2.41. The maximum Gasteiger partial charge on any atom is 0.0168 e. The Morgan fingerprint density at radius 1 is 1.36 bits per heavy atom. The molecule has 0 heterocycles. The van der Waals surface area contributed by atoms with Crippen molar-refractivity contribution in [3.63, 3.8) is 0 Å². The van der Waals surface area contributed by atoms with Gasteiger partial charge in [0, 0.05) is 24.5 Å². The quantitative estimate of drug-likeness (QED) is 0.539. The van der Waals surface area contributed by atoms with Gasteiger partial charge in [0.05, 0.1) is 0 Å². The normalized spacial score (nSPS) is 17.7. The number of hydrogen-bond acceptors (Lipinski definition) is 1. The fourth-order valence-electron chi connectivity index (χ4n) is 2.10. The Morgan fingerprint density at radius 2 is 2.00 bits per heavy atom. The SMILES string of the molecule is CC(C)=CCN(CCBr)C1CCCC1. The van der Waals surface area contributed by atoms with Crippen LogP contribution >= 0.6 is 15.9 Å². The molecule has 1 saturated carbocycles. The zero-order valence-electron chi connectivity index (χ0n) is 9.43. The van der Waals surface area contributed by atoms with Gasteiger partial charge in [-0.2, -0.15) is 0 Å². The first-order valence-corrected chi connectivity index (χ1v) is 6.79. The lowest BCUT2D eigenvalue weighted by atomic mass is 10.2. The molecule has 0 unspecified atom stereocenters. The molecule has 0 spiro atoms. The van der Waals surface area contributed by atoms with Crippen molar-refractivity contribution in [1.82, 2.24) is 4.90 Å². The molecule has 1 rings (SSSR count). The highest BCUT2D eigenvalue weighted by Gasteiger charge is 2.20. The minimum absolute atomic E-state index is 0.850. The first-order valence-electron chi connectivity index (χ1n) is 5.67. The monoisotopic (exact) mass is 259 g/mol. The Kier molecular flexibility index (Phi) is 5.80. The fraction of sp³-hybridized carbons (Fsp3) is 0.833. The van der Waals surface area contributed by atoms with Gasteiger partial charge in [-0.15, -0.1) is 0 Å². The average molecular weight is 260 g/mol. The maximum absolute atomic E-state index is 3.54. The van der Waals surface area contributed by atoms with Gasteiger partial charge in [-0.05, 0) is 26.7 Å². The molecule has 2 heteroatoms. The van der Waals surface area contributed by atoms with Crippen LogP contribution in [0.5, 0.6) is 0 Å². The van der Waals surface area contributed by atoms with Crippen LogP contribution in [0.15, 0.2) is 11.6 Å². The lowest BCUT2D eigenvalue weighted by molar-refractivity contribution is 0.234. The van der Waals surface area contributed by atoms with Crippen molar-refractivity contribution in [1.29, 1.82) is 0 Å². The molecule has 1 nitrogen and oxygen atoms in total. The molecular weight excluding hydrogens is 238 g/mol. The van der Waals surface area contributed by atoms with E-state index in [1.807, 2.05) is 0 Å². The Bertz CT molecular complexity index is 179. The minimum atomic E-state index is 0.850. The zero-order valence-corrected chi connectivity index (χ0v) is 11.0. The second-order valence-electron chi connectivity index (χ2n) is 4.40. The summed E-state index contributed by atoms with van der Waals surface area (Å²) in [5.41, 5.74) is 1.43. The molecule has 1 fully saturated rings. The summed E-state index contributed by atoms with van der Waals surface area (Å²) in [5, 5.41) is 1.10. The molecule has 1 aliphatic rings. The van der Waals surface area contributed by atoms with Crippen molar-refractivity contribution < 1.29 is 0 Å². The second kappa shape index (κ2) is 6.62. The van der Waals surface area contributed by atoms with Gasteiger partial charge in [-0.3, -0.25) is 4.90 Å². The molecule has 14 heavy (non-hydrogen) atoms. The van der Waals surface area contributed by atoms with Crippen molar-refractivity contribution in [3.05, 3.63) is 11.6 Å². The molecule has 0 aromatic carbocycles. The third-order valence-electron chi connectivity index (χ3n) is 2.95. The molecule has 1 aliphatic carbocycles. The average Bonchev–Trinajstić information content (AvgIpc) is 2.64. The second-order valence-corrected chi connectivity index (χ2v) is 5.20. The summed E-state index contributed by atoms with van der Waals surface area (Å²) in [6.45, 7) is 6.69. The first kappa shape index (κ1) is 12.3. The van der Waals surface area contributed by atoms with E-state index < -0.39 is 0 Å². The lowest BCUT2D eigenvalue weighted by Crippen LogP contribution is -2.35. The van der Waals surface area contributed by atoms with Crippen molar-refractivity contribution >= 4 is 15.9 Å². The topological polar surface area (TPSA) is 3.24 Å². The van der Waals surface area contributed by atoms with Crippen molar-refractivity contribution in [2.45, 2.75) is 45.6 Å². The summed E-state index contributed by atoms with van der Waals surface area (Å²) in [5.74, 6) is 0. The van der Waals surface area contributed by atoms with E-state index in [2.05, 4.69) is 40.8 Å². The Morgan fingerprint density at radius 3 is 2.50 bits per heavy atom. The maximum atomic E-state index is 3.54. The lowest BCUT2D eigenvalue weighted by Gasteiger charge is -2.26. The van der Waals surface area contributed by atoms with Gasteiger partial charge in [-0.25, -0.2) is 0 Å². The van der Waals surface area contributed by atoms with E-state index in [-0.39, 0.29) is 0 Å². The van der Waals surface area contributed by atoms with Crippen LogP contribution < -0.4 is 0 Å². The summed E-state index contributed by atoms with van der Waals surface area (Å²) >= 11 is 3.54. The number of nitrogens with zero attached hydrogens (tertiary/aromatic N) is 1. The Labute approximate surface area is 96.7 Å². The van der Waals surface area contributed by atoms with Crippen LogP contribution in [-0.2, 0) is 0 Å². The highest BCUT2D eigenvalue weighted by molar-refractivity contribution is 9.09. The van der Waals surface area contributed by atoms with Gasteiger partial charge in [0.15, 0.2) is 0 Å². The number of hydrogen-bond donors (Lipinski definition) is 0. The molecule has 0 bridgehead atoms. The van der Waals surface area contributed by atoms with Gasteiger partial charge in [0.2, 0.25) is 0 Å². The largest absolute Gasteiger partial charge is 0.296 e. The molecule has 82 valence electrons. The minimum Gasteiger partial charge on any atom is -0.296 e. The van der Waals surface area contributed by atoms with Crippen LogP contribution in [0.25, 0.3) is 0 Å². The van der Waals surface area contributed by atoms with Crippen molar-refractivity contribution in [3.8, 4) is 0 Å². The van der Waals surface area contributed by atoms with Crippen LogP contribution in [0.1, 0.15) is 39.5 Å². The van der Waals surface area contributed by atoms with Gasteiger partial charge >= 0.3 is 0 Å². The summed E-state index contributed by atoms with van der Waals surface area (Å²) in [4.78, 5) is 2.62. The number of allylic oxidation sites excluding steroid dienone is 1. The zero-order chi connectivity index (χ0) is 10.4. The number of halogens is 1. The van der Waals surface area contributed by atoms with Gasteiger partial charge < -0.3 is 0 Å². The van der Waals surface area contributed by atoms with E-state index in [9.17, 15) is 0 Å². The van der Waals surface area contributed by atoms with E-state index in [1.165, 1.54) is 37.8 Å². The summed E-state index contributed by atoms with van der Waals surface area (Å²) < 4.78 is 0. The summed E-state index contributed by atoms with van der Waals surface area (Å²) in [7, 11) is 0. The van der Waals surface area contributed by atoms with E-state index >= 15 is 0 Å². The Hall–Kier alpha value is 0.180. The third-order valence-corrected chi connectivity index (χ3v) is 3.30. The molecule has 0 aliphatic heterocycles. The molecule has 0 N–H and O–H groups in total. The van der Waals surface area contributed by atoms with Crippen LogP contribution in [0.4, 0.5) is 0 Å². The van der Waals surface area contributed by atoms with Crippen LogP contribution in [0.3, 0.4) is 0 Å². The molecule has 0 aromatic rings. The molecule has 0 atom stereocenters. The summed E-state index contributed by atoms with van der Waals surface area (Å²) in [6.07, 6.45) is 8.02. The predicted molar refractivity (Wildman–Crippen MR) is 67.1 cm³/mol. The van der Waals surface area contributed by atoms with Crippen LogP contribution in [0.2, 0.25) is 0 Å². The van der Waals surface area contributed by atoms with Crippen molar-refractivity contribution in [2.24, 2.45) is 0 Å². The van der Waals surface area contributed by atoms with E-state index in [1.54, 1.807) is 0 Å². The predicted octanol–water partition coefficient (Wildman–Crippen LogP) is 3.59. The first-order chi connectivity index (χ1) is 6.74. The molecule has 0 aromatic heterocycles. The molecular formula is C12H22BrN. The van der Waals surface area contributed by atoms with Gasteiger partial charge in [0.25, 0.3) is 0 Å². The highest BCUT2D eigenvalue weighted by Crippen LogP contribution is 2.23. The molecule has 0 saturated heterocycles. The summed E-state index contributed by atoms with van der Waals surface area (Å²) in [6, 6.07) is 0.850. The standard InChI is InChI=1S/C12H22BrN/c1-11(2)7-9-14(10-8-13)12-5-3-4-6-12/h7,12H,3-6,8-10H2,1-2H3. The van der Waals surface area contributed by atoms with Crippen molar-refractivity contribution in [2.75, 3.05) is 18.4 Å². The van der Waals surface area contributed by atoms with Gasteiger partial charge in [-0.1, -0.05) is 40.4 Å². The molecule has 0 radical (unpaired) electrons. The van der Waals surface area contributed by atoms with Gasteiger partial charge in [0.1, 0.15) is 0 Å². The highest BCUT2D eigenvalue weighted by atomic mass is 79.9. The smallest absolute Gasteiger partial charge is 0.0168 e. The fourth-order valence-corrected chi connectivity index (χ4v) is 2.56. The van der Waals surface area contributed by atoms with Crippen LogP contribution in [0, 0.1) is 0 Å². The number of alkyl halides is 1. The number of rotatable bonds is 5. The third kappa shape index (κ3) is 4.14.